The quantitative estimate of drug-likeness (QED) is 0.254. The molecule has 0 unspecified atom stereocenters. The van der Waals surface area contributed by atoms with Gasteiger partial charge < -0.3 is 10.1 Å². The molecule has 1 N–H and O–H groups in total. The Balaban J connectivity index is 1.46. The third kappa shape index (κ3) is 5.93. The van der Waals surface area contributed by atoms with Crippen molar-refractivity contribution >= 4 is 40.4 Å². The minimum atomic E-state index is -0.494. The Bertz CT molecular complexity index is 1290. The topological polar surface area (TPSA) is 107 Å². The second kappa shape index (κ2) is 10.2. The zero-order valence-corrected chi connectivity index (χ0v) is 19.1. The van der Waals surface area contributed by atoms with Gasteiger partial charge in [0.1, 0.15) is 12.4 Å². The SMILES string of the molecule is Cc1csc(Sc2ccc(C(=O)Nc3cccc(OCc4cccnc4)c3)cc2[N+](=O)[O-])n1. The largest absolute Gasteiger partial charge is 0.489 e. The number of pyridine rings is 1. The standard InChI is InChI=1S/C23H18N4O4S2/c1-15-14-32-23(25-15)33-21-8-7-17(10-20(21)27(29)30)22(28)26-18-5-2-6-19(11-18)31-13-16-4-3-9-24-12-16/h2-12,14H,13H2,1H3,(H,26,28). The minimum absolute atomic E-state index is 0.144. The maximum absolute atomic E-state index is 12.8. The summed E-state index contributed by atoms with van der Waals surface area (Å²) in [6.07, 6.45) is 3.41. The number of ether oxygens (including phenoxy) is 1. The molecule has 8 nitrogen and oxygen atoms in total. The molecular formula is C23H18N4O4S2. The van der Waals surface area contributed by atoms with Crippen LogP contribution in [0, 0.1) is 17.0 Å². The fraction of sp³-hybridized carbons (Fsp3) is 0.0870. The van der Waals surface area contributed by atoms with Crippen LogP contribution < -0.4 is 10.1 Å². The third-order valence-electron chi connectivity index (χ3n) is 4.43. The lowest BCUT2D eigenvalue weighted by Gasteiger charge is -2.10. The van der Waals surface area contributed by atoms with Gasteiger partial charge >= 0.3 is 0 Å². The zero-order valence-electron chi connectivity index (χ0n) is 17.4. The average molecular weight is 479 g/mol. The van der Waals surface area contributed by atoms with E-state index in [-0.39, 0.29) is 11.3 Å². The molecule has 0 aliphatic carbocycles. The van der Waals surface area contributed by atoms with Gasteiger partial charge in [0.2, 0.25) is 0 Å². The highest BCUT2D eigenvalue weighted by Gasteiger charge is 2.19. The van der Waals surface area contributed by atoms with E-state index in [0.717, 1.165) is 11.3 Å². The van der Waals surface area contributed by atoms with Crippen molar-refractivity contribution in [3.8, 4) is 5.75 Å². The monoisotopic (exact) mass is 478 g/mol. The van der Waals surface area contributed by atoms with Crippen molar-refractivity contribution in [2.24, 2.45) is 0 Å². The van der Waals surface area contributed by atoms with Gasteiger partial charge in [0, 0.05) is 52.4 Å². The lowest BCUT2D eigenvalue weighted by molar-refractivity contribution is -0.387. The minimum Gasteiger partial charge on any atom is -0.489 e. The van der Waals surface area contributed by atoms with Gasteiger partial charge in [-0.05, 0) is 37.3 Å². The summed E-state index contributed by atoms with van der Waals surface area (Å²) in [6.45, 7) is 2.20. The van der Waals surface area contributed by atoms with Crippen LogP contribution in [0.25, 0.3) is 0 Å². The first-order chi connectivity index (χ1) is 16.0. The number of aromatic nitrogens is 2. The maximum Gasteiger partial charge on any atom is 0.284 e. The number of nitrogens with zero attached hydrogens (tertiary/aromatic N) is 3. The number of benzene rings is 2. The Morgan fingerprint density at radius 1 is 1.21 bits per heavy atom. The Kier molecular flexibility index (Phi) is 6.96. The molecule has 0 fully saturated rings. The second-order valence-electron chi connectivity index (χ2n) is 6.93. The molecule has 10 heteroatoms. The smallest absolute Gasteiger partial charge is 0.284 e. The summed E-state index contributed by atoms with van der Waals surface area (Å²) in [7, 11) is 0. The van der Waals surface area contributed by atoms with E-state index in [1.165, 1.54) is 29.2 Å². The van der Waals surface area contributed by atoms with Crippen LogP contribution in [-0.2, 0) is 6.61 Å². The van der Waals surface area contributed by atoms with Crippen LogP contribution in [-0.4, -0.2) is 20.8 Å². The number of thiazole rings is 1. The average Bonchev–Trinajstić information content (AvgIpc) is 3.23. The van der Waals surface area contributed by atoms with Gasteiger partial charge in [-0.3, -0.25) is 19.9 Å². The first-order valence-corrected chi connectivity index (χ1v) is 11.5. The summed E-state index contributed by atoms with van der Waals surface area (Å²) in [6, 6.07) is 15.1. The first kappa shape index (κ1) is 22.4. The van der Waals surface area contributed by atoms with Gasteiger partial charge in [0.15, 0.2) is 4.34 Å². The molecule has 2 heterocycles. The molecule has 2 aromatic carbocycles. The summed E-state index contributed by atoms with van der Waals surface area (Å²) in [4.78, 5) is 32.7. The summed E-state index contributed by atoms with van der Waals surface area (Å²) in [5.74, 6) is 0.122. The van der Waals surface area contributed by atoms with Crippen molar-refractivity contribution in [1.82, 2.24) is 9.97 Å². The lowest BCUT2D eigenvalue weighted by Crippen LogP contribution is -2.12. The van der Waals surface area contributed by atoms with Crippen LogP contribution in [0.5, 0.6) is 5.75 Å². The highest BCUT2D eigenvalue weighted by molar-refractivity contribution is 8.01. The van der Waals surface area contributed by atoms with Gasteiger partial charge in [-0.1, -0.05) is 23.9 Å². The molecule has 4 rings (SSSR count). The number of anilines is 1. The number of hydrogen-bond donors (Lipinski definition) is 1. The van der Waals surface area contributed by atoms with E-state index in [1.54, 1.807) is 48.8 Å². The fourth-order valence-corrected chi connectivity index (χ4v) is 4.76. The number of aryl methyl sites for hydroxylation is 1. The Labute approximate surface area is 197 Å². The van der Waals surface area contributed by atoms with Crippen molar-refractivity contribution in [3.05, 3.63) is 99.3 Å². The highest BCUT2D eigenvalue weighted by Crippen LogP contribution is 2.37. The Hall–Kier alpha value is -3.76. The van der Waals surface area contributed by atoms with E-state index in [2.05, 4.69) is 15.3 Å². The van der Waals surface area contributed by atoms with E-state index in [9.17, 15) is 14.9 Å². The summed E-state index contributed by atoms with van der Waals surface area (Å²) >= 11 is 2.62. The maximum atomic E-state index is 12.8. The summed E-state index contributed by atoms with van der Waals surface area (Å²) in [5, 5.41) is 16.3. The van der Waals surface area contributed by atoms with Crippen molar-refractivity contribution in [2.75, 3.05) is 5.32 Å². The molecule has 0 bridgehead atoms. The van der Waals surface area contributed by atoms with Crippen LogP contribution in [0.3, 0.4) is 0 Å². The van der Waals surface area contributed by atoms with Gasteiger partial charge in [-0.25, -0.2) is 4.98 Å². The molecule has 1 amide bonds. The van der Waals surface area contributed by atoms with Crippen molar-refractivity contribution in [1.29, 1.82) is 0 Å². The predicted molar refractivity (Wildman–Crippen MR) is 127 cm³/mol. The van der Waals surface area contributed by atoms with Gasteiger partial charge in [0.25, 0.3) is 11.6 Å². The third-order valence-corrected chi connectivity index (χ3v) is 6.55. The van der Waals surface area contributed by atoms with E-state index >= 15 is 0 Å². The number of hydrogen-bond acceptors (Lipinski definition) is 8. The highest BCUT2D eigenvalue weighted by atomic mass is 32.2. The van der Waals surface area contributed by atoms with Crippen molar-refractivity contribution < 1.29 is 14.5 Å². The van der Waals surface area contributed by atoms with E-state index in [0.29, 0.717) is 27.3 Å². The van der Waals surface area contributed by atoms with Crippen LogP contribution in [0.1, 0.15) is 21.6 Å². The molecule has 0 atom stereocenters. The van der Waals surface area contributed by atoms with Crippen molar-refractivity contribution in [3.63, 3.8) is 0 Å². The number of amides is 1. The van der Waals surface area contributed by atoms with Crippen LogP contribution in [0.4, 0.5) is 11.4 Å². The number of rotatable bonds is 8. The van der Waals surface area contributed by atoms with Crippen LogP contribution in [0.2, 0.25) is 0 Å². The second-order valence-corrected chi connectivity index (χ2v) is 9.08. The summed E-state index contributed by atoms with van der Waals surface area (Å²) < 4.78 is 6.46. The number of nitro benzene ring substituents is 1. The number of nitro groups is 1. The zero-order chi connectivity index (χ0) is 23.2. The molecular weight excluding hydrogens is 460 g/mol. The molecule has 0 saturated carbocycles. The summed E-state index contributed by atoms with van der Waals surface area (Å²) in [5.41, 5.74) is 2.33. The Morgan fingerprint density at radius 2 is 2.09 bits per heavy atom. The molecule has 0 aliphatic rings. The van der Waals surface area contributed by atoms with E-state index in [1.807, 2.05) is 24.4 Å². The van der Waals surface area contributed by atoms with Crippen LogP contribution >= 0.6 is 23.1 Å². The molecule has 0 spiro atoms. The molecule has 0 radical (unpaired) electrons. The molecule has 0 saturated heterocycles. The predicted octanol–water partition coefficient (Wildman–Crippen LogP) is 5.74. The lowest BCUT2D eigenvalue weighted by atomic mass is 10.2. The Morgan fingerprint density at radius 3 is 2.82 bits per heavy atom. The first-order valence-electron chi connectivity index (χ1n) is 9.79. The fourth-order valence-electron chi connectivity index (χ4n) is 2.88. The van der Waals surface area contributed by atoms with Crippen molar-refractivity contribution in [2.45, 2.75) is 22.8 Å². The van der Waals surface area contributed by atoms with E-state index < -0.39 is 10.8 Å². The van der Waals surface area contributed by atoms with Gasteiger partial charge in [-0.15, -0.1) is 11.3 Å². The van der Waals surface area contributed by atoms with Gasteiger partial charge in [0.05, 0.1) is 9.82 Å². The number of carbonyl (C=O) groups is 1. The molecule has 33 heavy (non-hydrogen) atoms. The number of carbonyl (C=O) groups excluding carboxylic acids is 1. The molecule has 0 aliphatic heterocycles. The normalized spacial score (nSPS) is 10.6. The van der Waals surface area contributed by atoms with Crippen LogP contribution in [0.15, 0.2) is 81.6 Å². The number of nitrogens with one attached hydrogen (secondary N) is 1. The molecule has 166 valence electrons. The van der Waals surface area contributed by atoms with Gasteiger partial charge in [-0.2, -0.15) is 0 Å². The molecule has 4 aromatic rings. The van der Waals surface area contributed by atoms with E-state index in [4.69, 9.17) is 4.74 Å². The molecule has 2 aromatic heterocycles.